The van der Waals surface area contributed by atoms with Crippen molar-refractivity contribution in [2.24, 2.45) is 5.92 Å². The molecule has 23 heavy (non-hydrogen) atoms. The third kappa shape index (κ3) is 3.10. The van der Waals surface area contributed by atoms with Crippen LogP contribution in [0.5, 0.6) is 0 Å². The van der Waals surface area contributed by atoms with E-state index in [-0.39, 0.29) is 11.8 Å². The quantitative estimate of drug-likeness (QED) is 0.881. The average molecular weight is 334 g/mol. The third-order valence-electron chi connectivity index (χ3n) is 4.66. The first-order valence-corrected chi connectivity index (χ1v) is 9.13. The third-order valence-corrected chi connectivity index (χ3v) is 5.71. The Kier molecular flexibility index (Phi) is 4.92. The first kappa shape index (κ1) is 16.3. The fourth-order valence-corrected chi connectivity index (χ4v) is 4.33. The van der Waals surface area contributed by atoms with Crippen LogP contribution in [0.25, 0.3) is 0 Å². The Hall–Kier alpha value is -1.53. The van der Waals surface area contributed by atoms with Gasteiger partial charge >= 0.3 is 0 Å². The van der Waals surface area contributed by atoms with Gasteiger partial charge in [-0.15, -0.1) is 0 Å². The molecule has 2 heterocycles. The molecular formula is C17H22N2O3S. The monoisotopic (exact) mass is 334 g/mol. The highest BCUT2D eigenvalue weighted by atomic mass is 32.2. The van der Waals surface area contributed by atoms with Gasteiger partial charge < -0.3 is 14.9 Å². The lowest BCUT2D eigenvalue weighted by atomic mass is 9.90. The number of carbonyl (C=O) groups excluding carboxylic acids is 2. The van der Waals surface area contributed by atoms with Gasteiger partial charge in [0, 0.05) is 25.9 Å². The zero-order valence-corrected chi connectivity index (χ0v) is 14.0. The van der Waals surface area contributed by atoms with E-state index in [4.69, 9.17) is 0 Å². The molecule has 3 atom stereocenters. The molecule has 2 fully saturated rings. The maximum absolute atomic E-state index is 13.0. The fraction of sp³-hybridized carbons (Fsp3) is 0.529. The van der Waals surface area contributed by atoms with E-state index in [2.05, 4.69) is 0 Å². The van der Waals surface area contributed by atoms with Gasteiger partial charge in [-0.05, 0) is 17.7 Å². The lowest BCUT2D eigenvalue weighted by molar-refractivity contribution is -0.142. The summed E-state index contributed by atoms with van der Waals surface area (Å²) in [5.41, 5.74) is 0.891. The van der Waals surface area contributed by atoms with Crippen LogP contribution in [0.15, 0.2) is 30.3 Å². The van der Waals surface area contributed by atoms with Gasteiger partial charge in [-0.2, -0.15) is 11.8 Å². The molecule has 1 N–H and O–H groups in total. The number of benzene rings is 1. The van der Waals surface area contributed by atoms with Crippen molar-refractivity contribution >= 4 is 23.6 Å². The number of aliphatic hydroxyl groups excluding tert-OH is 1. The Morgan fingerprint density at radius 2 is 1.96 bits per heavy atom. The average Bonchev–Trinajstić information content (AvgIpc) is 2.79. The summed E-state index contributed by atoms with van der Waals surface area (Å²) in [5, 5.41) is 10.4. The standard InChI is InChI=1S/C17H22N2O3S/c1-18-14(12-6-3-2-4-7-12)13(15(20)17(18)22)16(21)19-8-5-10-23-11-9-19/h2-4,6-7,13-15,20H,5,8-11H2,1H3/t13-,14-,15-/m1/s1. The highest BCUT2D eigenvalue weighted by Crippen LogP contribution is 2.38. The zero-order chi connectivity index (χ0) is 16.4. The molecule has 3 rings (SSSR count). The molecule has 1 aromatic rings. The summed E-state index contributed by atoms with van der Waals surface area (Å²) >= 11 is 1.84. The molecule has 0 bridgehead atoms. The van der Waals surface area contributed by atoms with Gasteiger partial charge in [0.05, 0.1) is 12.0 Å². The largest absolute Gasteiger partial charge is 0.382 e. The predicted molar refractivity (Wildman–Crippen MR) is 90.0 cm³/mol. The fourth-order valence-electron chi connectivity index (χ4n) is 3.44. The zero-order valence-electron chi connectivity index (χ0n) is 13.2. The molecule has 2 aliphatic heterocycles. The van der Waals surface area contributed by atoms with Crippen LogP contribution in [0.2, 0.25) is 0 Å². The van der Waals surface area contributed by atoms with Crippen LogP contribution in [0.4, 0.5) is 0 Å². The minimum Gasteiger partial charge on any atom is -0.382 e. The molecule has 0 saturated carbocycles. The predicted octanol–water partition coefficient (Wildman–Crippen LogP) is 1.14. The van der Waals surface area contributed by atoms with E-state index in [0.717, 1.165) is 23.5 Å². The van der Waals surface area contributed by atoms with E-state index < -0.39 is 18.1 Å². The number of carbonyl (C=O) groups is 2. The van der Waals surface area contributed by atoms with Crippen molar-refractivity contribution in [3.8, 4) is 0 Å². The Labute approximate surface area is 140 Å². The Morgan fingerprint density at radius 3 is 2.70 bits per heavy atom. The number of amides is 2. The minimum atomic E-state index is -1.26. The maximum Gasteiger partial charge on any atom is 0.252 e. The number of thioether (sulfide) groups is 1. The first-order valence-electron chi connectivity index (χ1n) is 7.97. The molecule has 6 heteroatoms. The number of rotatable bonds is 2. The van der Waals surface area contributed by atoms with Crippen molar-refractivity contribution in [2.75, 3.05) is 31.6 Å². The molecule has 5 nitrogen and oxygen atoms in total. The number of likely N-dealkylation sites (N-methyl/N-ethyl adjacent to an activating group) is 1. The summed E-state index contributed by atoms with van der Waals surface area (Å²) in [4.78, 5) is 28.6. The minimum absolute atomic E-state index is 0.105. The smallest absolute Gasteiger partial charge is 0.252 e. The summed E-state index contributed by atoms with van der Waals surface area (Å²) in [5.74, 6) is 0.762. The summed E-state index contributed by atoms with van der Waals surface area (Å²) < 4.78 is 0. The molecule has 2 aliphatic rings. The summed E-state index contributed by atoms with van der Waals surface area (Å²) in [6, 6.07) is 9.10. The van der Waals surface area contributed by atoms with Gasteiger partial charge in [-0.3, -0.25) is 9.59 Å². The van der Waals surface area contributed by atoms with Gasteiger partial charge in [0.15, 0.2) is 0 Å². The van der Waals surface area contributed by atoms with E-state index in [1.54, 1.807) is 7.05 Å². The van der Waals surface area contributed by atoms with Crippen LogP contribution in [0.1, 0.15) is 18.0 Å². The van der Waals surface area contributed by atoms with Gasteiger partial charge in [0.25, 0.3) is 5.91 Å². The molecule has 0 radical (unpaired) electrons. The molecule has 0 aliphatic carbocycles. The molecule has 2 saturated heterocycles. The molecule has 124 valence electrons. The van der Waals surface area contributed by atoms with Crippen LogP contribution in [0.3, 0.4) is 0 Å². The summed E-state index contributed by atoms with van der Waals surface area (Å²) in [7, 11) is 1.66. The Balaban J connectivity index is 1.90. The van der Waals surface area contributed by atoms with Gasteiger partial charge in [0.2, 0.25) is 5.91 Å². The highest BCUT2D eigenvalue weighted by molar-refractivity contribution is 7.99. The topological polar surface area (TPSA) is 60.9 Å². The van der Waals surface area contributed by atoms with Crippen molar-refractivity contribution in [3.05, 3.63) is 35.9 Å². The Morgan fingerprint density at radius 1 is 1.22 bits per heavy atom. The number of hydrogen-bond acceptors (Lipinski definition) is 4. The van der Waals surface area contributed by atoms with Crippen LogP contribution in [-0.4, -0.2) is 64.5 Å². The number of likely N-dealkylation sites (tertiary alicyclic amines) is 1. The Bertz CT molecular complexity index is 572. The number of nitrogens with zero attached hydrogens (tertiary/aromatic N) is 2. The molecular weight excluding hydrogens is 312 g/mol. The van der Waals surface area contributed by atoms with Crippen molar-refractivity contribution < 1.29 is 14.7 Å². The van der Waals surface area contributed by atoms with E-state index >= 15 is 0 Å². The van der Waals surface area contributed by atoms with E-state index in [1.807, 2.05) is 47.0 Å². The summed E-state index contributed by atoms with van der Waals surface area (Å²) in [6.07, 6.45) is -0.299. The second kappa shape index (κ2) is 6.93. The van der Waals surface area contributed by atoms with E-state index in [9.17, 15) is 14.7 Å². The molecule has 0 unspecified atom stereocenters. The number of aliphatic hydroxyl groups is 1. The van der Waals surface area contributed by atoms with Crippen LogP contribution in [-0.2, 0) is 9.59 Å². The normalized spacial score (nSPS) is 28.8. The van der Waals surface area contributed by atoms with E-state index in [0.29, 0.717) is 13.1 Å². The van der Waals surface area contributed by atoms with Gasteiger partial charge in [-0.25, -0.2) is 0 Å². The maximum atomic E-state index is 13.0. The molecule has 0 aromatic heterocycles. The van der Waals surface area contributed by atoms with Crippen LogP contribution < -0.4 is 0 Å². The summed E-state index contributed by atoms with van der Waals surface area (Å²) in [6.45, 7) is 1.39. The first-order chi connectivity index (χ1) is 11.1. The van der Waals surface area contributed by atoms with Crippen molar-refractivity contribution in [1.82, 2.24) is 9.80 Å². The van der Waals surface area contributed by atoms with E-state index in [1.165, 1.54) is 4.90 Å². The molecule has 0 spiro atoms. The lowest BCUT2D eigenvalue weighted by Gasteiger charge is -2.29. The second-order valence-corrected chi connectivity index (χ2v) is 7.29. The second-order valence-electron chi connectivity index (χ2n) is 6.07. The molecule has 2 amide bonds. The SMILES string of the molecule is CN1C(=O)[C@H](O)[C@H](C(=O)N2CCCSCC2)[C@H]1c1ccccc1. The van der Waals surface area contributed by atoms with Crippen molar-refractivity contribution in [1.29, 1.82) is 0 Å². The van der Waals surface area contributed by atoms with Gasteiger partial charge in [0.1, 0.15) is 6.10 Å². The lowest BCUT2D eigenvalue weighted by Crippen LogP contribution is -2.43. The highest BCUT2D eigenvalue weighted by Gasteiger charge is 2.51. The number of hydrogen-bond donors (Lipinski definition) is 1. The van der Waals surface area contributed by atoms with Crippen LogP contribution >= 0.6 is 11.8 Å². The van der Waals surface area contributed by atoms with Crippen LogP contribution in [0, 0.1) is 5.92 Å². The molecule has 1 aromatic carbocycles. The van der Waals surface area contributed by atoms with Crippen molar-refractivity contribution in [3.63, 3.8) is 0 Å². The van der Waals surface area contributed by atoms with Crippen molar-refractivity contribution in [2.45, 2.75) is 18.6 Å². The van der Waals surface area contributed by atoms with Gasteiger partial charge in [-0.1, -0.05) is 30.3 Å².